The predicted molar refractivity (Wildman–Crippen MR) is 131 cm³/mol. The Kier molecular flexibility index (Phi) is 6.62. The van der Waals surface area contributed by atoms with Crippen LogP contribution in [0.5, 0.6) is 0 Å². The summed E-state index contributed by atoms with van der Waals surface area (Å²) < 4.78 is 7.06. The van der Waals surface area contributed by atoms with E-state index in [9.17, 15) is 9.59 Å². The third kappa shape index (κ3) is 5.12. The molecule has 2 aromatic heterocycles. The first-order chi connectivity index (χ1) is 17.1. The first kappa shape index (κ1) is 22.9. The molecule has 0 saturated carbocycles. The van der Waals surface area contributed by atoms with Crippen LogP contribution in [-0.2, 0) is 4.74 Å². The number of amides is 2. The Hall–Kier alpha value is -3.92. The van der Waals surface area contributed by atoms with E-state index in [4.69, 9.17) is 9.84 Å². The van der Waals surface area contributed by atoms with Crippen molar-refractivity contribution in [1.29, 1.82) is 0 Å². The molecule has 0 aliphatic carbocycles. The van der Waals surface area contributed by atoms with E-state index in [-0.39, 0.29) is 18.0 Å². The van der Waals surface area contributed by atoms with Crippen LogP contribution >= 0.6 is 0 Å². The Morgan fingerprint density at radius 3 is 2.83 bits per heavy atom. The summed E-state index contributed by atoms with van der Waals surface area (Å²) in [6.07, 6.45) is 7.29. The van der Waals surface area contributed by atoms with E-state index in [1.807, 2.05) is 60.2 Å². The number of nitrogens with zero attached hydrogens (tertiary/aromatic N) is 4. The van der Waals surface area contributed by atoms with Crippen LogP contribution in [0.4, 0.5) is 10.5 Å². The quantitative estimate of drug-likeness (QED) is 0.469. The monoisotopic (exact) mass is 476 g/mol. The summed E-state index contributed by atoms with van der Waals surface area (Å²) in [6, 6.07) is 11.6. The average Bonchev–Trinajstić information content (AvgIpc) is 3.54. The van der Waals surface area contributed by atoms with Crippen LogP contribution in [0.2, 0.25) is 0 Å². The topological polar surface area (TPSA) is 105 Å². The van der Waals surface area contributed by atoms with Crippen molar-refractivity contribution < 1.29 is 18.7 Å². The lowest BCUT2D eigenvalue weighted by Gasteiger charge is -2.25. The van der Waals surface area contributed by atoms with Crippen molar-refractivity contribution in [2.75, 3.05) is 38.2 Å². The van der Waals surface area contributed by atoms with Crippen LogP contribution in [-0.4, -0.2) is 65.6 Å². The number of carbonyl (C=O) groups is 2. The molecule has 0 radical (unpaired) electrons. The van der Waals surface area contributed by atoms with Crippen molar-refractivity contribution >= 4 is 28.9 Å². The molecule has 1 aromatic carbocycles. The van der Waals surface area contributed by atoms with Crippen molar-refractivity contribution in [3.63, 3.8) is 0 Å². The molecule has 2 aliphatic heterocycles. The Balaban J connectivity index is 1.28. The summed E-state index contributed by atoms with van der Waals surface area (Å²) in [7, 11) is 0. The van der Waals surface area contributed by atoms with Gasteiger partial charge in [0.05, 0.1) is 29.2 Å². The smallest absolute Gasteiger partial charge is 0.410 e. The molecule has 1 atom stereocenters. The number of anilines is 1. The Bertz CT molecular complexity index is 1250. The number of ether oxygens (including phenoxy) is 1. The second-order valence-electron chi connectivity index (χ2n) is 8.69. The number of hydrogen-bond donors (Lipinski definition) is 3. The van der Waals surface area contributed by atoms with Crippen molar-refractivity contribution in [1.82, 2.24) is 25.4 Å². The molecule has 4 heterocycles. The maximum absolute atomic E-state index is 12.5. The van der Waals surface area contributed by atoms with Crippen molar-refractivity contribution in [2.24, 2.45) is 0 Å². The molecule has 10 nitrogen and oxygen atoms in total. The molecule has 1 unspecified atom stereocenters. The van der Waals surface area contributed by atoms with E-state index < -0.39 is 0 Å². The Labute approximate surface area is 203 Å². The van der Waals surface area contributed by atoms with Crippen LogP contribution in [0.1, 0.15) is 35.7 Å². The van der Waals surface area contributed by atoms with E-state index >= 15 is 0 Å². The second-order valence-corrected chi connectivity index (χ2v) is 8.69. The van der Waals surface area contributed by atoms with Gasteiger partial charge in [-0.05, 0) is 73.1 Å². The van der Waals surface area contributed by atoms with Crippen molar-refractivity contribution in [3.8, 4) is 0 Å². The van der Waals surface area contributed by atoms with Gasteiger partial charge in [0.15, 0.2) is 0 Å². The number of fused-ring (bicyclic) bond motifs is 1. The summed E-state index contributed by atoms with van der Waals surface area (Å²) in [5.74, 6) is -0.0578. The van der Waals surface area contributed by atoms with Gasteiger partial charge in [-0.3, -0.25) is 4.79 Å². The van der Waals surface area contributed by atoms with Gasteiger partial charge in [-0.15, -0.1) is 0 Å². The third-order valence-electron chi connectivity index (χ3n) is 6.30. The predicted octanol–water partition coefficient (Wildman–Crippen LogP) is 1.83. The minimum absolute atomic E-state index is 0.0578. The van der Waals surface area contributed by atoms with Gasteiger partial charge in [-0.2, -0.15) is 0 Å². The minimum Gasteiger partial charge on any atom is -0.450 e. The maximum atomic E-state index is 12.5. The lowest BCUT2D eigenvalue weighted by atomic mass is 10.0. The van der Waals surface area contributed by atoms with E-state index in [0.717, 1.165) is 48.4 Å². The highest BCUT2D eigenvalue weighted by molar-refractivity contribution is 5.94. The van der Waals surface area contributed by atoms with Gasteiger partial charge in [0.25, 0.3) is 12.2 Å². The fourth-order valence-electron chi connectivity index (χ4n) is 4.43. The zero-order valence-electron chi connectivity index (χ0n) is 19.7. The zero-order valence-corrected chi connectivity index (χ0v) is 19.7. The SMILES string of the molecule is CCOC(=O)N1CC=C(c2ccc[n+]3cn(Nc4ccc(C(=O)NC5CCNC5)cc4)nc23)CC1. The average molecular weight is 477 g/mol. The Morgan fingerprint density at radius 2 is 2.11 bits per heavy atom. The standard InChI is InChI=1S/C25H29N7O3/c1-2-35-25(34)30-14-10-18(11-15-30)22-4-3-13-31-17-32(29-23(22)31)28-20-7-5-19(6-8-20)24(33)27-21-9-12-26-16-21/h3-8,10,13,17,21,26H,2,9,11-12,14-16H2,1H3,(H-,27,28,33)/p+1. The summed E-state index contributed by atoms with van der Waals surface area (Å²) in [4.78, 5) is 27.8. The van der Waals surface area contributed by atoms with Gasteiger partial charge >= 0.3 is 11.7 Å². The molecule has 3 aromatic rings. The first-order valence-corrected chi connectivity index (χ1v) is 12.0. The molecule has 0 bridgehead atoms. The van der Waals surface area contributed by atoms with Gasteiger partial charge < -0.3 is 20.3 Å². The van der Waals surface area contributed by atoms with Gasteiger partial charge in [0.2, 0.25) is 0 Å². The van der Waals surface area contributed by atoms with Crippen LogP contribution in [0.15, 0.2) is 55.0 Å². The molecule has 10 heteroatoms. The fourth-order valence-corrected chi connectivity index (χ4v) is 4.43. The number of carbonyl (C=O) groups excluding carboxylic acids is 2. The minimum atomic E-state index is -0.275. The van der Waals surface area contributed by atoms with E-state index in [1.165, 1.54) is 0 Å². The van der Waals surface area contributed by atoms with Crippen molar-refractivity contribution in [3.05, 3.63) is 66.1 Å². The molecular formula is C25H30N7O3+. The van der Waals surface area contributed by atoms with Crippen LogP contribution in [0, 0.1) is 0 Å². The molecule has 5 rings (SSSR count). The van der Waals surface area contributed by atoms with E-state index in [1.54, 1.807) is 9.69 Å². The zero-order chi connectivity index (χ0) is 24.2. The molecule has 0 spiro atoms. The fraction of sp³-hybridized carbons (Fsp3) is 0.360. The highest BCUT2D eigenvalue weighted by Gasteiger charge is 2.23. The molecule has 3 N–H and O–H groups in total. The van der Waals surface area contributed by atoms with Gasteiger partial charge in [0, 0.05) is 31.2 Å². The second kappa shape index (κ2) is 10.1. The molecule has 1 fully saturated rings. The number of nitrogens with one attached hydrogen (secondary N) is 3. The molecule has 35 heavy (non-hydrogen) atoms. The van der Waals surface area contributed by atoms with Crippen LogP contribution < -0.4 is 20.5 Å². The van der Waals surface area contributed by atoms with E-state index in [0.29, 0.717) is 25.3 Å². The summed E-state index contributed by atoms with van der Waals surface area (Å²) in [5, 5.41) is 11.0. The molecule has 2 aliphatic rings. The van der Waals surface area contributed by atoms with Crippen molar-refractivity contribution in [2.45, 2.75) is 25.8 Å². The molecule has 1 saturated heterocycles. The van der Waals surface area contributed by atoms with Gasteiger partial charge in [0.1, 0.15) is 0 Å². The van der Waals surface area contributed by atoms with Crippen LogP contribution in [0.25, 0.3) is 11.2 Å². The molecular weight excluding hydrogens is 446 g/mol. The lowest BCUT2D eigenvalue weighted by molar-refractivity contribution is -0.513. The maximum Gasteiger partial charge on any atom is 0.410 e. The van der Waals surface area contributed by atoms with Crippen LogP contribution in [0.3, 0.4) is 0 Å². The third-order valence-corrected chi connectivity index (χ3v) is 6.30. The summed E-state index contributed by atoms with van der Waals surface area (Å²) in [5.41, 5.74) is 7.71. The highest BCUT2D eigenvalue weighted by Crippen LogP contribution is 2.24. The lowest BCUT2D eigenvalue weighted by Crippen LogP contribution is -2.36. The number of rotatable bonds is 6. The van der Waals surface area contributed by atoms with Gasteiger partial charge in [-0.1, -0.05) is 6.08 Å². The molecule has 2 amide bonds. The normalized spacial score (nSPS) is 17.8. The number of pyridine rings is 1. The number of hydrogen-bond acceptors (Lipinski definition) is 6. The number of aromatic nitrogens is 3. The Morgan fingerprint density at radius 1 is 1.26 bits per heavy atom. The summed E-state index contributed by atoms with van der Waals surface area (Å²) >= 11 is 0. The largest absolute Gasteiger partial charge is 0.450 e. The van der Waals surface area contributed by atoms with Gasteiger partial charge in [-0.25, -0.2) is 14.6 Å². The molecule has 182 valence electrons. The highest BCUT2D eigenvalue weighted by atomic mass is 16.6. The first-order valence-electron chi connectivity index (χ1n) is 12.0. The summed E-state index contributed by atoms with van der Waals surface area (Å²) in [6.45, 7) is 5.08. The van der Waals surface area contributed by atoms with E-state index in [2.05, 4.69) is 22.1 Å². The number of benzene rings is 1.